The largest absolute Gasteiger partial charge is 0.494 e. The topological polar surface area (TPSA) is 85.7 Å². The number of nitrogens with zero attached hydrogens (tertiary/aromatic N) is 1. The van der Waals surface area contributed by atoms with Crippen LogP contribution in [0, 0.1) is 0 Å². The molecule has 1 rings (SSSR count). The lowest BCUT2D eigenvalue weighted by molar-refractivity contribution is -0.131. The van der Waals surface area contributed by atoms with E-state index in [-0.39, 0.29) is 17.2 Å². The third-order valence-corrected chi connectivity index (χ3v) is 1.71. The van der Waals surface area contributed by atoms with Crippen molar-refractivity contribution >= 4 is 11.8 Å². The Morgan fingerprint density at radius 1 is 1.33 bits per heavy atom. The Balaban J connectivity index is 3.23. The van der Waals surface area contributed by atoms with E-state index < -0.39 is 11.8 Å². The maximum atomic E-state index is 11.2. The van der Waals surface area contributed by atoms with Gasteiger partial charge in [0.2, 0.25) is 5.88 Å². The van der Waals surface area contributed by atoms with Crippen molar-refractivity contribution in [3.05, 3.63) is 17.8 Å². The fourth-order valence-corrected chi connectivity index (χ4v) is 0.991. The quantitative estimate of drug-likeness (QED) is 0.571. The van der Waals surface area contributed by atoms with E-state index in [1.54, 1.807) is 0 Å². The summed E-state index contributed by atoms with van der Waals surface area (Å²) >= 11 is 0. The number of carbonyl (C=O) groups is 2. The number of carbonyl (C=O) groups excluding carboxylic acids is 1. The minimum atomic E-state index is -1.55. The van der Waals surface area contributed by atoms with Gasteiger partial charge in [-0.2, -0.15) is 0 Å². The first-order chi connectivity index (χ1) is 7.10. The van der Waals surface area contributed by atoms with Crippen molar-refractivity contribution < 1.29 is 24.2 Å². The smallest absolute Gasteiger partial charge is 0.377 e. The van der Waals surface area contributed by atoms with Gasteiger partial charge in [0.15, 0.2) is 0 Å². The van der Waals surface area contributed by atoms with Crippen molar-refractivity contribution in [3.63, 3.8) is 0 Å². The lowest BCUT2D eigenvalue weighted by atomic mass is 10.1. The number of aliphatic carboxylic acids is 1. The Morgan fingerprint density at radius 3 is 2.47 bits per heavy atom. The van der Waals surface area contributed by atoms with E-state index in [0.717, 1.165) is 0 Å². The lowest BCUT2D eigenvalue weighted by Crippen LogP contribution is -2.14. The van der Waals surface area contributed by atoms with Gasteiger partial charge in [-0.3, -0.25) is 4.79 Å². The average molecular weight is 211 g/mol. The molecule has 6 heteroatoms. The molecule has 0 aliphatic rings. The second kappa shape index (κ2) is 4.41. The maximum Gasteiger partial charge on any atom is 0.377 e. The number of hydrogen-bond acceptors (Lipinski definition) is 5. The second-order valence-corrected chi connectivity index (χ2v) is 2.56. The van der Waals surface area contributed by atoms with Gasteiger partial charge in [-0.1, -0.05) is 0 Å². The molecule has 80 valence electrons. The highest BCUT2D eigenvalue weighted by atomic mass is 16.5. The minimum Gasteiger partial charge on any atom is -0.494 e. The van der Waals surface area contributed by atoms with Gasteiger partial charge >= 0.3 is 5.97 Å². The number of rotatable bonds is 4. The molecule has 0 unspecified atom stereocenters. The van der Waals surface area contributed by atoms with Crippen molar-refractivity contribution in [2.75, 3.05) is 14.2 Å². The van der Waals surface area contributed by atoms with Crippen LogP contribution in [-0.2, 0) is 4.79 Å². The molecule has 0 aliphatic heterocycles. The van der Waals surface area contributed by atoms with Crippen LogP contribution in [0.15, 0.2) is 12.3 Å². The molecule has 1 aromatic rings. The van der Waals surface area contributed by atoms with E-state index in [4.69, 9.17) is 14.6 Å². The van der Waals surface area contributed by atoms with Crippen LogP contribution < -0.4 is 9.47 Å². The summed E-state index contributed by atoms with van der Waals surface area (Å²) in [4.78, 5) is 25.5. The predicted octanol–water partition coefficient (Wildman–Crippen LogP) is 0.366. The maximum absolute atomic E-state index is 11.2. The predicted molar refractivity (Wildman–Crippen MR) is 49.3 cm³/mol. The number of methoxy groups -OCH3 is 2. The van der Waals surface area contributed by atoms with Crippen molar-refractivity contribution in [2.24, 2.45) is 0 Å². The summed E-state index contributed by atoms with van der Waals surface area (Å²) in [5.41, 5.74) is -0.0862. The molecule has 0 radical (unpaired) electrons. The average Bonchev–Trinajstić information content (AvgIpc) is 2.27. The summed E-state index contributed by atoms with van der Waals surface area (Å²) in [7, 11) is 2.69. The van der Waals surface area contributed by atoms with E-state index in [9.17, 15) is 9.59 Å². The van der Waals surface area contributed by atoms with Crippen LogP contribution in [0.5, 0.6) is 11.6 Å². The number of Topliss-reactive ketones (excluding diaryl/α,β-unsaturated/α-hetero) is 1. The summed E-state index contributed by atoms with van der Waals surface area (Å²) in [6.07, 6.45) is 1.23. The Hall–Kier alpha value is -2.11. The lowest BCUT2D eigenvalue weighted by Gasteiger charge is -2.06. The van der Waals surface area contributed by atoms with Crippen LogP contribution in [0.4, 0.5) is 0 Å². The molecule has 1 N–H and O–H groups in total. The Labute approximate surface area is 85.5 Å². The van der Waals surface area contributed by atoms with Gasteiger partial charge in [-0.25, -0.2) is 9.78 Å². The number of hydrogen-bond donors (Lipinski definition) is 1. The van der Waals surface area contributed by atoms with Gasteiger partial charge in [-0.15, -0.1) is 0 Å². The Bertz CT molecular complexity index is 401. The van der Waals surface area contributed by atoms with Crippen LogP contribution in [-0.4, -0.2) is 36.1 Å². The number of carboxylic acids is 1. The van der Waals surface area contributed by atoms with Crippen molar-refractivity contribution in [1.29, 1.82) is 0 Å². The van der Waals surface area contributed by atoms with E-state index in [1.165, 1.54) is 26.5 Å². The summed E-state index contributed by atoms with van der Waals surface area (Å²) < 4.78 is 9.59. The second-order valence-electron chi connectivity index (χ2n) is 2.56. The molecule has 0 atom stereocenters. The first kappa shape index (κ1) is 11.0. The van der Waals surface area contributed by atoms with Crippen LogP contribution >= 0.6 is 0 Å². The van der Waals surface area contributed by atoms with Crippen LogP contribution in [0.2, 0.25) is 0 Å². The van der Waals surface area contributed by atoms with Crippen LogP contribution in [0.3, 0.4) is 0 Å². The van der Waals surface area contributed by atoms with E-state index in [0.29, 0.717) is 0 Å². The molecule has 0 bridgehead atoms. The first-order valence-electron chi connectivity index (χ1n) is 3.95. The number of pyridine rings is 1. The van der Waals surface area contributed by atoms with Gasteiger partial charge < -0.3 is 14.6 Å². The van der Waals surface area contributed by atoms with Crippen LogP contribution in [0.25, 0.3) is 0 Å². The molecule has 6 nitrogen and oxygen atoms in total. The highest BCUT2D eigenvalue weighted by molar-refractivity contribution is 6.40. The molecule has 0 saturated carbocycles. The third-order valence-electron chi connectivity index (χ3n) is 1.71. The fraction of sp³-hybridized carbons (Fsp3) is 0.222. The van der Waals surface area contributed by atoms with Gasteiger partial charge in [-0.05, 0) is 0 Å². The van der Waals surface area contributed by atoms with E-state index in [2.05, 4.69) is 4.98 Å². The number of aromatic nitrogens is 1. The van der Waals surface area contributed by atoms with Crippen molar-refractivity contribution in [3.8, 4) is 11.6 Å². The third kappa shape index (κ3) is 2.22. The molecule has 15 heavy (non-hydrogen) atoms. The number of ether oxygens (including phenoxy) is 2. The van der Waals surface area contributed by atoms with Crippen LogP contribution in [0.1, 0.15) is 10.4 Å². The minimum absolute atomic E-state index is 0.0862. The fourth-order valence-electron chi connectivity index (χ4n) is 0.991. The molecular formula is C9H9NO5. The highest BCUT2D eigenvalue weighted by Gasteiger charge is 2.20. The van der Waals surface area contributed by atoms with Gasteiger partial charge in [0.05, 0.1) is 26.0 Å². The molecule has 0 saturated heterocycles. The Kier molecular flexibility index (Phi) is 3.22. The van der Waals surface area contributed by atoms with E-state index in [1.807, 2.05) is 0 Å². The van der Waals surface area contributed by atoms with E-state index >= 15 is 0 Å². The molecule has 0 aromatic carbocycles. The number of carboxylic acid groups (broad SMARTS) is 1. The SMILES string of the molecule is COc1cc(C(=O)C(=O)O)c(OC)cn1. The zero-order chi connectivity index (χ0) is 11.4. The van der Waals surface area contributed by atoms with Crippen molar-refractivity contribution in [2.45, 2.75) is 0 Å². The normalized spacial score (nSPS) is 9.47. The summed E-state index contributed by atoms with van der Waals surface area (Å²) in [6.45, 7) is 0. The molecule has 1 aromatic heterocycles. The molecule has 0 aliphatic carbocycles. The monoisotopic (exact) mass is 211 g/mol. The molecule has 0 amide bonds. The van der Waals surface area contributed by atoms with Crippen molar-refractivity contribution in [1.82, 2.24) is 4.98 Å². The standard InChI is InChI=1S/C9H9NO5/c1-14-6-4-10-7(15-2)3-5(6)8(11)9(12)13/h3-4H,1-2H3,(H,12,13). The molecule has 1 heterocycles. The first-order valence-corrected chi connectivity index (χ1v) is 3.95. The Morgan fingerprint density at radius 2 is 2.00 bits per heavy atom. The number of ketones is 1. The highest BCUT2D eigenvalue weighted by Crippen LogP contribution is 2.21. The zero-order valence-electron chi connectivity index (χ0n) is 8.18. The summed E-state index contributed by atoms with van der Waals surface area (Å²) in [5.74, 6) is -2.36. The van der Waals surface area contributed by atoms with Gasteiger partial charge in [0.25, 0.3) is 5.78 Å². The molecule has 0 fully saturated rings. The summed E-state index contributed by atoms with van der Waals surface area (Å²) in [6, 6.07) is 1.22. The molecular weight excluding hydrogens is 202 g/mol. The van der Waals surface area contributed by atoms with Gasteiger partial charge in [0, 0.05) is 6.07 Å². The molecule has 0 spiro atoms. The zero-order valence-corrected chi connectivity index (χ0v) is 8.18. The summed E-state index contributed by atoms with van der Waals surface area (Å²) in [5, 5.41) is 8.55. The van der Waals surface area contributed by atoms with Gasteiger partial charge in [0.1, 0.15) is 5.75 Å².